The fraction of sp³-hybridized carbons (Fsp3) is 0.167. The van der Waals surface area contributed by atoms with Gasteiger partial charge in [0, 0.05) is 35.1 Å². The highest BCUT2D eigenvalue weighted by Crippen LogP contribution is 2.41. The number of carboxylic acids is 1. The fourth-order valence-electron chi connectivity index (χ4n) is 3.83. The standard InChI is InChI=1S/C24H21FN2O5S/c1-14-19(13-22(28)29)23-21(26-14)11-10-20(25)24(23)33(30,31)18-8-6-15(7-9-18)27-16-4-3-5-17(12-16)32-2/h3-10,12,27H,11,13H2,1-2H3,(H,28,29). The second-order valence-electron chi connectivity index (χ2n) is 7.54. The number of nitrogens with one attached hydrogen (secondary N) is 1. The van der Waals surface area contributed by atoms with Crippen molar-refractivity contribution in [3.63, 3.8) is 0 Å². The molecule has 2 aromatic carbocycles. The molecule has 0 saturated carbocycles. The predicted molar refractivity (Wildman–Crippen MR) is 123 cm³/mol. The molecule has 7 nitrogen and oxygen atoms in total. The van der Waals surface area contributed by atoms with Gasteiger partial charge in [0.1, 0.15) is 16.5 Å². The number of carboxylic acid groups (broad SMARTS) is 1. The molecule has 0 radical (unpaired) electrons. The van der Waals surface area contributed by atoms with Gasteiger partial charge in [0.05, 0.1) is 24.1 Å². The first-order chi connectivity index (χ1) is 15.7. The van der Waals surface area contributed by atoms with Gasteiger partial charge in [-0.05, 0) is 55.0 Å². The Balaban J connectivity index is 1.71. The Labute approximate surface area is 190 Å². The third-order valence-corrected chi connectivity index (χ3v) is 7.20. The molecule has 2 aromatic rings. The van der Waals surface area contributed by atoms with E-state index in [9.17, 15) is 22.7 Å². The minimum atomic E-state index is -4.28. The number of aliphatic carboxylic acids is 1. The van der Waals surface area contributed by atoms with Crippen molar-refractivity contribution in [1.82, 2.24) is 0 Å². The molecule has 4 rings (SSSR count). The van der Waals surface area contributed by atoms with Crippen LogP contribution in [0.3, 0.4) is 0 Å². The Bertz CT molecular complexity index is 1370. The maximum Gasteiger partial charge on any atom is 0.307 e. The molecular weight excluding hydrogens is 447 g/mol. The second kappa shape index (κ2) is 8.67. The van der Waals surface area contributed by atoms with Crippen LogP contribution in [0.1, 0.15) is 19.8 Å². The number of anilines is 2. The van der Waals surface area contributed by atoms with E-state index in [0.29, 0.717) is 22.8 Å². The number of fused-ring (bicyclic) bond motifs is 1. The maximum atomic E-state index is 14.9. The molecule has 0 spiro atoms. The first-order valence-corrected chi connectivity index (χ1v) is 11.6. The Morgan fingerprint density at radius 1 is 1.18 bits per heavy atom. The van der Waals surface area contributed by atoms with Crippen molar-refractivity contribution in [2.24, 2.45) is 4.99 Å². The van der Waals surface area contributed by atoms with Crippen molar-refractivity contribution in [2.75, 3.05) is 12.4 Å². The first kappa shape index (κ1) is 22.5. The van der Waals surface area contributed by atoms with E-state index < -0.39 is 33.0 Å². The highest BCUT2D eigenvalue weighted by atomic mass is 32.2. The van der Waals surface area contributed by atoms with Crippen LogP contribution in [0.15, 0.2) is 92.1 Å². The van der Waals surface area contributed by atoms with Gasteiger partial charge in [-0.3, -0.25) is 9.79 Å². The van der Waals surface area contributed by atoms with E-state index in [2.05, 4.69) is 10.3 Å². The largest absolute Gasteiger partial charge is 0.497 e. The summed E-state index contributed by atoms with van der Waals surface area (Å²) in [7, 11) is -2.72. The zero-order valence-corrected chi connectivity index (χ0v) is 18.7. The van der Waals surface area contributed by atoms with E-state index >= 15 is 0 Å². The normalized spacial score (nSPS) is 15.7. The highest BCUT2D eigenvalue weighted by Gasteiger charge is 2.37. The predicted octanol–water partition coefficient (Wildman–Crippen LogP) is 4.93. The van der Waals surface area contributed by atoms with Gasteiger partial charge in [-0.1, -0.05) is 6.07 Å². The second-order valence-corrected chi connectivity index (χ2v) is 9.42. The first-order valence-electron chi connectivity index (χ1n) is 10.1. The quantitative estimate of drug-likeness (QED) is 0.597. The van der Waals surface area contributed by atoms with Gasteiger partial charge in [0.15, 0.2) is 0 Å². The molecule has 1 heterocycles. The molecule has 0 unspecified atom stereocenters. The molecule has 0 saturated heterocycles. The Morgan fingerprint density at radius 3 is 2.58 bits per heavy atom. The monoisotopic (exact) mass is 468 g/mol. The number of halogens is 1. The lowest BCUT2D eigenvalue weighted by atomic mass is 9.94. The summed E-state index contributed by atoms with van der Waals surface area (Å²) in [6.07, 6.45) is 0.818. The van der Waals surface area contributed by atoms with Crippen LogP contribution >= 0.6 is 0 Å². The number of rotatable bonds is 7. The Hall–Kier alpha value is -3.72. The molecule has 0 bridgehead atoms. The van der Waals surface area contributed by atoms with Crippen LogP contribution in [0.2, 0.25) is 0 Å². The van der Waals surface area contributed by atoms with Crippen LogP contribution in [0.4, 0.5) is 15.8 Å². The van der Waals surface area contributed by atoms with Crippen molar-refractivity contribution in [3.05, 3.63) is 82.2 Å². The number of nitrogens with zero attached hydrogens (tertiary/aromatic N) is 1. The summed E-state index contributed by atoms with van der Waals surface area (Å²) in [5.74, 6) is -1.38. The van der Waals surface area contributed by atoms with Crippen LogP contribution in [0, 0.1) is 0 Å². The minimum absolute atomic E-state index is 0.0634. The van der Waals surface area contributed by atoms with E-state index in [1.54, 1.807) is 38.3 Å². The van der Waals surface area contributed by atoms with Gasteiger partial charge in [-0.15, -0.1) is 0 Å². The van der Waals surface area contributed by atoms with Crippen molar-refractivity contribution < 1.29 is 27.4 Å². The summed E-state index contributed by atoms with van der Waals surface area (Å²) in [6.45, 7) is 1.60. The molecule has 1 aliphatic heterocycles. The van der Waals surface area contributed by atoms with Gasteiger partial charge in [0.2, 0.25) is 9.84 Å². The van der Waals surface area contributed by atoms with E-state index in [-0.39, 0.29) is 22.5 Å². The molecule has 33 heavy (non-hydrogen) atoms. The summed E-state index contributed by atoms with van der Waals surface area (Å²) in [4.78, 5) is 15.0. The number of sulfone groups is 1. The van der Waals surface area contributed by atoms with E-state index in [1.807, 2.05) is 12.1 Å². The average Bonchev–Trinajstić information content (AvgIpc) is 3.08. The van der Waals surface area contributed by atoms with Crippen molar-refractivity contribution in [3.8, 4) is 5.75 Å². The average molecular weight is 469 g/mol. The summed E-state index contributed by atoms with van der Waals surface area (Å²) in [5.41, 5.74) is 2.41. The number of carbonyl (C=O) groups is 1. The lowest BCUT2D eigenvalue weighted by Gasteiger charge is -2.18. The van der Waals surface area contributed by atoms with E-state index in [1.165, 1.54) is 12.1 Å². The number of methoxy groups -OCH3 is 1. The summed E-state index contributed by atoms with van der Waals surface area (Å²) < 4.78 is 47.0. The third-order valence-electron chi connectivity index (χ3n) is 5.37. The molecule has 0 aromatic heterocycles. The van der Waals surface area contributed by atoms with Crippen molar-refractivity contribution in [1.29, 1.82) is 0 Å². The smallest absolute Gasteiger partial charge is 0.307 e. The number of allylic oxidation sites excluding steroid dienone is 4. The van der Waals surface area contributed by atoms with Gasteiger partial charge in [0.25, 0.3) is 0 Å². The topological polar surface area (TPSA) is 105 Å². The molecule has 2 N–H and O–H groups in total. The van der Waals surface area contributed by atoms with Crippen molar-refractivity contribution in [2.45, 2.75) is 24.7 Å². The molecule has 1 aliphatic carbocycles. The molecule has 0 amide bonds. The summed E-state index contributed by atoms with van der Waals surface area (Å²) >= 11 is 0. The zero-order valence-electron chi connectivity index (χ0n) is 17.9. The number of ether oxygens (including phenoxy) is 1. The third kappa shape index (κ3) is 4.31. The van der Waals surface area contributed by atoms with Gasteiger partial charge in [-0.25, -0.2) is 12.8 Å². The van der Waals surface area contributed by atoms with Crippen molar-refractivity contribution >= 4 is 32.9 Å². The number of benzene rings is 2. The SMILES string of the molecule is COc1cccc(Nc2ccc(S(=O)(=O)C3=C4C(=NC(C)=C4CC(=O)O)CC=C3F)cc2)c1. The van der Waals surface area contributed by atoms with Gasteiger partial charge >= 0.3 is 5.97 Å². The zero-order chi connectivity index (χ0) is 23.8. The molecule has 170 valence electrons. The van der Waals surface area contributed by atoms with E-state index in [0.717, 1.165) is 11.8 Å². The van der Waals surface area contributed by atoms with Gasteiger partial charge in [-0.2, -0.15) is 0 Å². The molecular formula is C24H21FN2O5S. The number of aliphatic imine (C=N–C) groups is 1. The van der Waals surface area contributed by atoms with Crippen LogP contribution in [-0.4, -0.2) is 32.3 Å². The van der Waals surface area contributed by atoms with Crippen LogP contribution in [0.25, 0.3) is 0 Å². The Morgan fingerprint density at radius 2 is 1.91 bits per heavy atom. The molecule has 9 heteroatoms. The molecule has 0 fully saturated rings. The Kier molecular flexibility index (Phi) is 5.90. The lowest BCUT2D eigenvalue weighted by molar-refractivity contribution is -0.136. The van der Waals surface area contributed by atoms with E-state index in [4.69, 9.17) is 4.74 Å². The van der Waals surface area contributed by atoms with Crippen LogP contribution < -0.4 is 10.1 Å². The number of hydrogen-bond acceptors (Lipinski definition) is 6. The minimum Gasteiger partial charge on any atom is -0.497 e. The van der Waals surface area contributed by atoms with Crippen LogP contribution in [0.5, 0.6) is 5.75 Å². The lowest BCUT2D eigenvalue weighted by Crippen LogP contribution is -2.17. The van der Waals surface area contributed by atoms with Crippen LogP contribution in [-0.2, 0) is 14.6 Å². The molecule has 0 atom stereocenters. The fourth-order valence-corrected chi connectivity index (χ4v) is 5.41. The summed E-state index contributed by atoms with van der Waals surface area (Å²) in [5, 5.41) is 12.4. The van der Waals surface area contributed by atoms with Gasteiger partial charge < -0.3 is 15.2 Å². The maximum absolute atomic E-state index is 14.9. The highest BCUT2D eigenvalue weighted by molar-refractivity contribution is 7.95. The number of hydrogen-bond donors (Lipinski definition) is 2. The summed E-state index contributed by atoms with van der Waals surface area (Å²) in [6, 6.07) is 13.2. The molecule has 2 aliphatic rings.